The van der Waals surface area contributed by atoms with Crippen LogP contribution in [0.4, 0.5) is 5.69 Å². The van der Waals surface area contributed by atoms with Crippen molar-refractivity contribution in [1.29, 1.82) is 0 Å². The Morgan fingerprint density at radius 1 is 1.55 bits per heavy atom. The number of hydrogen-bond acceptors (Lipinski definition) is 5. The number of carbonyl (C=O) groups is 1. The van der Waals surface area contributed by atoms with Crippen LogP contribution in [-0.2, 0) is 9.53 Å². The van der Waals surface area contributed by atoms with Crippen molar-refractivity contribution in [1.82, 2.24) is 15.2 Å². The Balaban J connectivity index is 2.12. The molecule has 7 heteroatoms. The summed E-state index contributed by atoms with van der Waals surface area (Å²) in [5, 5.41) is 9.59. The van der Waals surface area contributed by atoms with Gasteiger partial charge in [0.1, 0.15) is 11.9 Å². The second-order valence-corrected chi connectivity index (χ2v) is 4.38. The highest BCUT2D eigenvalue weighted by atomic mass is 16.5. The molecule has 0 bridgehead atoms. The number of nitrogens with two attached hydrogens (primary N) is 1. The topological polar surface area (TPSA) is 106 Å². The molecule has 4 N–H and O–H groups in total. The first-order valence-electron chi connectivity index (χ1n) is 6.15. The number of aryl methyl sites for hydroxylation is 1. The minimum atomic E-state index is -0.700. The number of amides is 1. The quantitative estimate of drug-likeness (QED) is 0.744. The molecule has 2 rings (SSSR count). The fraction of sp³-hybridized carbons (Fsp3) is 0.308. The van der Waals surface area contributed by atoms with Crippen molar-refractivity contribution in [3.8, 4) is 11.4 Å². The predicted molar refractivity (Wildman–Crippen MR) is 75.0 cm³/mol. The van der Waals surface area contributed by atoms with Crippen LogP contribution in [0.5, 0.6) is 0 Å². The Labute approximate surface area is 116 Å². The molecule has 1 atom stereocenters. The first kappa shape index (κ1) is 14.2. The minimum absolute atomic E-state index is 0.172. The van der Waals surface area contributed by atoms with E-state index >= 15 is 0 Å². The van der Waals surface area contributed by atoms with E-state index in [9.17, 15) is 4.79 Å². The molecular weight excluding hydrogens is 258 g/mol. The molecule has 1 aromatic heterocycles. The van der Waals surface area contributed by atoms with E-state index in [0.29, 0.717) is 11.5 Å². The average Bonchev–Trinajstić information content (AvgIpc) is 2.86. The minimum Gasteiger partial charge on any atom is -0.383 e. The molecule has 0 saturated carbocycles. The number of H-pyrrole nitrogens is 1. The van der Waals surface area contributed by atoms with E-state index in [2.05, 4.69) is 20.5 Å². The molecular formula is C13H17N5O2. The number of aromatic nitrogens is 3. The molecule has 106 valence electrons. The van der Waals surface area contributed by atoms with Gasteiger partial charge in [0, 0.05) is 18.4 Å². The molecule has 0 aliphatic heterocycles. The molecule has 1 heterocycles. The van der Waals surface area contributed by atoms with Gasteiger partial charge in [0.2, 0.25) is 5.91 Å². The summed E-state index contributed by atoms with van der Waals surface area (Å²) in [6.45, 7) is 2.00. The Kier molecular flexibility index (Phi) is 4.44. The Morgan fingerprint density at radius 3 is 3.00 bits per heavy atom. The molecule has 0 saturated heterocycles. The van der Waals surface area contributed by atoms with Gasteiger partial charge in [-0.05, 0) is 19.1 Å². The van der Waals surface area contributed by atoms with E-state index in [-0.39, 0.29) is 12.5 Å². The smallest absolute Gasteiger partial charge is 0.243 e. The Bertz CT molecular complexity index is 596. The molecule has 0 aliphatic rings. The fourth-order valence-electron chi connectivity index (χ4n) is 1.70. The standard InChI is InChI=1S/C13H17N5O2/c1-8-15-12(18-17-8)9-4-3-5-10(6-9)16-13(19)11(14)7-20-2/h3-6,11H,7,14H2,1-2H3,(H,16,19)(H,15,17,18). The molecule has 7 nitrogen and oxygen atoms in total. The largest absolute Gasteiger partial charge is 0.383 e. The van der Waals surface area contributed by atoms with Crippen LogP contribution in [-0.4, -0.2) is 40.8 Å². The number of ether oxygens (including phenoxy) is 1. The van der Waals surface area contributed by atoms with Crippen molar-refractivity contribution < 1.29 is 9.53 Å². The lowest BCUT2D eigenvalue weighted by molar-refractivity contribution is -0.118. The summed E-state index contributed by atoms with van der Waals surface area (Å²) in [5.74, 6) is 1.02. The van der Waals surface area contributed by atoms with Gasteiger partial charge in [0.25, 0.3) is 0 Å². The van der Waals surface area contributed by atoms with E-state index in [0.717, 1.165) is 11.4 Å². The summed E-state index contributed by atoms with van der Waals surface area (Å²) in [6, 6.07) is 6.56. The average molecular weight is 275 g/mol. The molecule has 0 fully saturated rings. The lowest BCUT2D eigenvalue weighted by Gasteiger charge is -2.11. The van der Waals surface area contributed by atoms with Crippen LogP contribution in [0.3, 0.4) is 0 Å². The second kappa shape index (κ2) is 6.27. The molecule has 1 amide bonds. The molecule has 0 aliphatic carbocycles. The van der Waals surface area contributed by atoms with Crippen LogP contribution in [0.1, 0.15) is 5.82 Å². The van der Waals surface area contributed by atoms with Gasteiger partial charge >= 0.3 is 0 Å². The summed E-state index contributed by atoms with van der Waals surface area (Å²) in [4.78, 5) is 16.0. The number of carbonyl (C=O) groups excluding carboxylic acids is 1. The highest BCUT2D eigenvalue weighted by molar-refractivity contribution is 5.95. The number of methoxy groups -OCH3 is 1. The van der Waals surface area contributed by atoms with Crippen LogP contribution in [0.15, 0.2) is 24.3 Å². The summed E-state index contributed by atoms with van der Waals surface area (Å²) < 4.78 is 4.85. The van der Waals surface area contributed by atoms with Crippen molar-refractivity contribution in [2.24, 2.45) is 5.73 Å². The molecule has 20 heavy (non-hydrogen) atoms. The first-order valence-corrected chi connectivity index (χ1v) is 6.15. The predicted octanol–water partition coefficient (Wildman–Crippen LogP) is 0.692. The van der Waals surface area contributed by atoms with Crippen molar-refractivity contribution in [3.05, 3.63) is 30.1 Å². The van der Waals surface area contributed by atoms with Crippen LogP contribution < -0.4 is 11.1 Å². The summed E-state index contributed by atoms with van der Waals surface area (Å²) in [7, 11) is 1.50. The summed E-state index contributed by atoms with van der Waals surface area (Å²) in [5.41, 5.74) is 7.11. The number of anilines is 1. The summed E-state index contributed by atoms with van der Waals surface area (Å²) >= 11 is 0. The molecule has 2 aromatic rings. The molecule has 0 radical (unpaired) electrons. The van der Waals surface area contributed by atoms with Crippen molar-refractivity contribution in [2.45, 2.75) is 13.0 Å². The van der Waals surface area contributed by atoms with Gasteiger partial charge in [-0.1, -0.05) is 12.1 Å². The van der Waals surface area contributed by atoms with Crippen molar-refractivity contribution in [2.75, 3.05) is 19.0 Å². The van der Waals surface area contributed by atoms with Gasteiger partial charge in [-0.15, -0.1) is 0 Å². The second-order valence-electron chi connectivity index (χ2n) is 4.38. The molecule has 1 unspecified atom stereocenters. The lowest BCUT2D eigenvalue weighted by Crippen LogP contribution is -2.39. The zero-order chi connectivity index (χ0) is 14.5. The normalized spacial score (nSPS) is 12.2. The number of nitrogens with one attached hydrogen (secondary N) is 2. The highest BCUT2D eigenvalue weighted by Gasteiger charge is 2.13. The number of rotatable bonds is 5. The van der Waals surface area contributed by atoms with Crippen molar-refractivity contribution >= 4 is 11.6 Å². The van der Waals surface area contributed by atoms with E-state index < -0.39 is 6.04 Å². The maximum absolute atomic E-state index is 11.8. The maximum atomic E-state index is 11.8. The van der Waals surface area contributed by atoms with E-state index in [1.807, 2.05) is 19.1 Å². The van der Waals surface area contributed by atoms with Crippen LogP contribution in [0, 0.1) is 6.92 Å². The van der Waals surface area contributed by atoms with Gasteiger partial charge in [-0.3, -0.25) is 9.89 Å². The number of hydrogen-bond donors (Lipinski definition) is 3. The zero-order valence-electron chi connectivity index (χ0n) is 11.4. The van der Waals surface area contributed by atoms with Crippen LogP contribution in [0.25, 0.3) is 11.4 Å². The molecule has 0 spiro atoms. The van der Waals surface area contributed by atoms with Crippen LogP contribution in [0.2, 0.25) is 0 Å². The molecule has 1 aromatic carbocycles. The number of aromatic amines is 1. The van der Waals surface area contributed by atoms with Gasteiger partial charge in [-0.25, -0.2) is 4.98 Å². The van der Waals surface area contributed by atoms with Crippen molar-refractivity contribution in [3.63, 3.8) is 0 Å². The lowest BCUT2D eigenvalue weighted by atomic mass is 10.2. The van der Waals surface area contributed by atoms with Gasteiger partial charge in [0.15, 0.2) is 5.82 Å². The third-order valence-corrected chi connectivity index (χ3v) is 2.67. The SMILES string of the molecule is COCC(N)C(=O)Nc1cccc(-c2n[nH]c(C)n2)c1. The maximum Gasteiger partial charge on any atom is 0.243 e. The van der Waals surface area contributed by atoms with Gasteiger partial charge in [0.05, 0.1) is 6.61 Å². The van der Waals surface area contributed by atoms with E-state index in [4.69, 9.17) is 10.5 Å². The number of benzene rings is 1. The summed E-state index contributed by atoms with van der Waals surface area (Å²) in [6.07, 6.45) is 0. The Hall–Kier alpha value is -2.25. The van der Waals surface area contributed by atoms with Gasteiger partial charge in [-0.2, -0.15) is 5.10 Å². The van der Waals surface area contributed by atoms with Crippen LogP contribution >= 0.6 is 0 Å². The highest BCUT2D eigenvalue weighted by Crippen LogP contribution is 2.19. The third kappa shape index (κ3) is 3.40. The fourth-order valence-corrected chi connectivity index (χ4v) is 1.70. The first-order chi connectivity index (χ1) is 9.60. The third-order valence-electron chi connectivity index (χ3n) is 2.67. The van der Waals surface area contributed by atoms with E-state index in [1.54, 1.807) is 12.1 Å². The monoisotopic (exact) mass is 275 g/mol. The van der Waals surface area contributed by atoms with Gasteiger partial charge < -0.3 is 15.8 Å². The zero-order valence-corrected chi connectivity index (χ0v) is 11.4. The van der Waals surface area contributed by atoms with E-state index in [1.165, 1.54) is 7.11 Å². The number of nitrogens with zero attached hydrogens (tertiary/aromatic N) is 2. The Morgan fingerprint density at radius 2 is 2.35 bits per heavy atom.